The molecule has 0 aromatic heterocycles. The Morgan fingerprint density at radius 3 is 2.44 bits per heavy atom. The van der Waals surface area contributed by atoms with E-state index in [1.165, 1.54) is 7.11 Å². The second-order valence-corrected chi connectivity index (χ2v) is 11.0. The zero-order valence-electron chi connectivity index (χ0n) is 22.9. The molecule has 0 amide bonds. The molecular weight excluding hydrogens is 460 g/mol. The summed E-state index contributed by atoms with van der Waals surface area (Å²) in [7, 11) is 1.43. The number of unbranched alkanes of at least 4 members (excludes halogenated alkanes) is 5. The zero-order chi connectivity index (χ0) is 26.0. The molecule has 0 bridgehead atoms. The molecule has 1 aliphatic carbocycles. The smallest absolute Gasteiger partial charge is 0.305 e. The first-order valence-electron chi connectivity index (χ1n) is 14.2. The van der Waals surface area contributed by atoms with Gasteiger partial charge in [0.05, 0.1) is 19.3 Å². The molecule has 0 aromatic rings. The minimum atomic E-state index is -0.680. The number of fused-ring (bicyclic) bond motifs is 1. The molecule has 206 valence electrons. The normalized spacial score (nSPS) is 31.6. The monoisotopic (exact) mass is 508 g/mol. The third-order valence-electron chi connectivity index (χ3n) is 7.66. The van der Waals surface area contributed by atoms with Gasteiger partial charge in [0.2, 0.25) is 0 Å². The SMILES string of the molecule is CCCCCC(=O)C=C[C@@H]1[C@@H](CCCCCCC(=O)OC)[C@@H](OC2CCCCO2)[C@H]2OC(C)(C)O[C@@H]12. The van der Waals surface area contributed by atoms with Crippen molar-refractivity contribution in [1.82, 2.24) is 0 Å². The number of rotatable bonds is 15. The lowest BCUT2D eigenvalue weighted by Gasteiger charge is -2.33. The van der Waals surface area contributed by atoms with Crippen LogP contribution in [0.3, 0.4) is 0 Å². The maximum Gasteiger partial charge on any atom is 0.305 e. The first kappa shape index (κ1) is 29.3. The number of esters is 1. The molecule has 2 saturated heterocycles. The summed E-state index contributed by atoms with van der Waals surface area (Å²) in [5.74, 6) is -0.414. The van der Waals surface area contributed by atoms with Crippen molar-refractivity contribution in [2.24, 2.45) is 11.8 Å². The Morgan fingerprint density at radius 1 is 0.972 bits per heavy atom. The van der Waals surface area contributed by atoms with E-state index in [1.807, 2.05) is 13.8 Å². The molecule has 1 unspecified atom stereocenters. The second-order valence-electron chi connectivity index (χ2n) is 11.0. The third-order valence-corrected chi connectivity index (χ3v) is 7.66. The van der Waals surface area contributed by atoms with Gasteiger partial charge in [-0.1, -0.05) is 45.1 Å². The first-order chi connectivity index (χ1) is 17.3. The van der Waals surface area contributed by atoms with Crippen LogP contribution in [0, 0.1) is 11.8 Å². The predicted molar refractivity (Wildman–Crippen MR) is 137 cm³/mol. The molecule has 3 aliphatic rings. The van der Waals surface area contributed by atoms with Gasteiger partial charge in [0.1, 0.15) is 6.10 Å². The molecule has 0 spiro atoms. The van der Waals surface area contributed by atoms with E-state index in [-0.39, 0.29) is 48.2 Å². The van der Waals surface area contributed by atoms with Crippen molar-refractivity contribution in [1.29, 1.82) is 0 Å². The fourth-order valence-corrected chi connectivity index (χ4v) is 5.81. The van der Waals surface area contributed by atoms with Gasteiger partial charge in [-0.3, -0.25) is 9.59 Å². The molecule has 2 aliphatic heterocycles. The van der Waals surface area contributed by atoms with E-state index in [0.29, 0.717) is 12.8 Å². The molecule has 6 atom stereocenters. The molecule has 3 fully saturated rings. The van der Waals surface area contributed by atoms with Crippen LogP contribution in [0.2, 0.25) is 0 Å². The van der Waals surface area contributed by atoms with Crippen LogP contribution in [0.25, 0.3) is 0 Å². The van der Waals surface area contributed by atoms with Gasteiger partial charge < -0.3 is 23.7 Å². The Morgan fingerprint density at radius 2 is 1.72 bits per heavy atom. The highest BCUT2D eigenvalue weighted by Crippen LogP contribution is 2.49. The Hall–Kier alpha value is -1.28. The van der Waals surface area contributed by atoms with Crippen LogP contribution in [0.5, 0.6) is 0 Å². The number of allylic oxidation sites excluding steroid dienone is 1. The summed E-state index contributed by atoms with van der Waals surface area (Å²) in [5.41, 5.74) is 0. The highest BCUT2D eigenvalue weighted by Gasteiger charge is 2.58. The van der Waals surface area contributed by atoms with Crippen molar-refractivity contribution in [3.05, 3.63) is 12.2 Å². The van der Waals surface area contributed by atoms with Crippen LogP contribution in [0.4, 0.5) is 0 Å². The topological polar surface area (TPSA) is 80.3 Å². The van der Waals surface area contributed by atoms with E-state index in [0.717, 1.165) is 77.2 Å². The highest BCUT2D eigenvalue weighted by atomic mass is 16.8. The Bertz CT molecular complexity index is 712. The largest absolute Gasteiger partial charge is 0.469 e. The molecule has 7 nitrogen and oxygen atoms in total. The second kappa shape index (κ2) is 14.6. The molecule has 36 heavy (non-hydrogen) atoms. The summed E-state index contributed by atoms with van der Waals surface area (Å²) in [6.45, 7) is 6.78. The Balaban J connectivity index is 1.69. The summed E-state index contributed by atoms with van der Waals surface area (Å²) in [6.07, 6.45) is 15.3. The van der Waals surface area contributed by atoms with Crippen LogP contribution in [0.15, 0.2) is 12.2 Å². The number of hydrogen-bond donors (Lipinski definition) is 0. The van der Waals surface area contributed by atoms with E-state index in [1.54, 1.807) is 6.08 Å². The molecule has 2 heterocycles. The third kappa shape index (κ3) is 8.64. The summed E-state index contributed by atoms with van der Waals surface area (Å²) in [5, 5.41) is 0. The predicted octanol–water partition coefficient (Wildman–Crippen LogP) is 5.88. The number of ether oxygens (including phenoxy) is 5. The number of methoxy groups -OCH3 is 1. The van der Waals surface area contributed by atoms with Gasteiger partial charge >= 0.3 is 5.97 Å². The maximum atomic E-state index is 12.6. The summed E-state index contributed by atoms with van der Waals surface area (Å²) in [4.78, 5) is 24.0. The van der Waals surface area contributed by atoms with Gasteiger partial charge in [-0.05, 0) is 64.4 Å². The number of carbonyl (C=O) groups is 2. The van der Waals surface area contributed by atoms with Crippen LogP contribution < -0.4 is 0 Å². The molecule has 0 aromatic carbocycles. The highest BCUT2D eigenvalue weighted by molar-refractivity contribution is 5.89. The van der Waals surface area contributed by atoms with Crippen LogP contribution in [-0.4, -0.2) is 55.9 Å². The van der Waals surface area contributed by atoms with E-state index in [2.05, 4.69) is 13.0 Å². The lowest BCUT2D eigenvalue weighted by Crippen LogP contribution is -2.39. The lowest BCUT2D eigenvalue weighted by atomic mass is 9.87. The van der Waals surface area contributed by atoms with Crippen molar-refractivity contribution >= 4 is 11.8 Å². The van der Waals surface area contributed by atoms with E-state index in [9.17, 15) is 9.59 Å². The quantitative estimate of drug-likeness (QED) is 0.155. The fraction of sp³-hybridized carbons (Fsp3) is 0.862. The lowest BCUT2D eigenvalue weighted by molar-refractivity contribution is -0.230. The van der Waals surface area contributed by atoms with Gasteiger partial charge in [-0.15, -0.1) is 0 Å². The summed E-state index contributed by atoms with van der Waals surface area (Å²) < 4.78 is 30.1. The average molecular weight is 509 g/mol. The van der Waals surface area contributed by atoms with Crippen molar-refractivity contribution in [2.45, 2.75) is 135 Å². The van der Waals surface area contributed by atoms with Gasteiger partial charge in [-0.2, -0.15) is 0 Å². The van der Waals surface area contributed by atoms with Crippen molar-refractivity contribution < 1.29 is 33.3 Å². The molecule has 1 saturated carbocycles. The molecule has 0 radical (unpaired) electrons. The fourth-order valence-electron chi connectivity index (χ4n) is 5.81. The standard InChI is InChI=1S/C29H48O7/c1-5-6-9-14-21(30)18-19-23-22(15-10-7-8-11-16-24(31)32-4)26(34-25-17-12-13-20-33-25)28-27(23)35-29(2,3)36-28/h18-19,22-23,25-28H,5-17,20H2,1-4H3/t22-,23-,25?,26-,27+,28-/m1/s1. The minimum Gasteiger partial charge on any atom is -0.469 e. The van der Waals surface area contributed by atoms with E-state index >= 15 is 0 Å². The number of ketones is 1. The van der Waals surface area contributed by atoms with E-state index < -0.39 is 5.79 Å². The summed E-state index contributed by atoms with van der Waals surface area (Å²) >= 11 is 0. The average Bonchev–Trinajstić information content (AvgIpc) is 3.30. The van der Waals surface area contributed by atoms with Crippen LogP contribution in [0.1, 0.15) is 104 Å². The molecule has 7 heteroatoms. The van der Waals surface area contributed by atoms with Gasteiger partial charge in [0.15, 0.2) is 17.9 Å². The molecular formula is C29H48O7. The molecule has 3 rings (SSSR count). The zero-order valence-corrected chi connectivity index (χ0v) is 22.9. The Labute approximate surface area is 217 Å². The summed E-state index contributed by atoms with van der Waals surface area (Å²) in [6, 6.07) is 0. The van der Waals surface area contributed by atoms with Gasteiger partial charge in [0.25, 0.3) is 0 Å². The van der Waals surface area contributed by atoms with E-state index in [4.69, 9.17) is 23.7 Å². The number of carbonyl (C=O) groups excluding carboxylic acids is 2. The maximum absolute atomic E-state index is 12.6. The van der Waals surface area contributed by atoms with Crippen molar-refractivity contribution in [2.75, 3.05) is 13.7 Å². The van der Waals surface area contributed by atoms with Crippen molar-refractivity contribution in [3.8, 4) is 0 Å². The van der Waals surface area contributed by atoms with Crippen LogP contribution >= 0.6 is 0 Å². The first-order valence-corrected chi connectivity index (χ1v) is 14.2. The Kier molecular flexibility index (Phi) is 11.9. The van der Waals surface area contributed by atoms with Gasteiger partial charge in [-0.25, -0.2) is 0 Å². The van der Waals surface area contributed by atoms with Gasteiger partial charge in [0, 0.05) is 25.4 Å². The number of hydrogen-bond acceptors (Lipinski definition) is 7. The van der Waals surface area contributed by atoms with Crippen molar-refractivity contribution in [3.63, 3.8) is 0 Å². The minimum absolute atomic E-state index is 0.0514. The molecule has 0 N–H and O–H groups in total. The van der Waals surface area contributed by atoms with Crippen LogP contribution in [-0.2, 0) is 33.3 Å².